The summed E-state index contributed by atoms with van der Waals surface area (Å²) in [7, 11) is -0.988. The van der Waals surface area contributed by atoms with E-state index in [1.807, 2.05) is 6.92 Å². The Morgan fingerprint density at radius 3 is 2.75 bits per heavy atom. The van der Waals surface area contributed by atoms with Gasteiger partial charge in [-0.1, -0.05) is 30.1 Å². The molecule has 0 fully saturated rings. The first-order valence-corrected chi connectivity index (χ1v) is 7.31. The molecule has 1 aromatic rings. The normalized spacial score (nSPS) is 14.8. The molecule has 0 radical (unpaired) electrons. The molecule has 2 N–H and O–H groups in total. The molecule has 0 heterocycles. The molecule has 2 unspecified atom stereocenters. The van der Waals surface area contributed by atoms with Crippen molar-refractivity contribution >= 4 is 34.0 Å². The van der Waals surface area contributed by atoms with Crippen molar-refractivity contribution in [3.05, 3.63) is 33.8 Å². The van der Waals surface area contributed by atoms with Crippen molar-refractivity contribution < 1.29 is 4.21 Å². The zero-order valence-electron chi connectivity index (χ0n) is 9.08. The van der Waals surface area contributed by atoms with Crippen LogP contribution in [-0.4, -0.2) is 16.0 Å². The van der Waals surface area contributed by atoms with Gasteiger partial charge in [0.1, 0.15) is 0 Å². The van der Waals surface area contributed by atoms with Gasteiger partial charge in [-0.3, -0.25) is 4.21 Å². The number of benzene rings is 1. The van der Waals surface area contributed by atoms with Gasteiger partial charge in [0.15, 0.2) is 0 Å². The molecule has 16 heavy (non-hydrogen) atoms. The minimum Gasteiger partial charge on any atom is -0.327 e. The highest BCUT2D eigenvalue weighted by molar-refractivity contribution is 7.84. The van der Waals surface area contributed by atoms with Gasteiger partial charge < -0.3 is 5.73 Å². The van der Waals surface area contributed by atoms with E-state index in [-0.39, 0.29) is 6.04 Å². The standard InChI is InChI=1S/C11H15Cl2NOS/c1-2-10(14)7-16(15)6-8-5-9(12)3-4-11(8)13/h3-5,10H,2,6-7,14H2,1H3. The summed E-state index contributed by atoms with van der Waals surface area (Å²) in [5.41, 5.74) is 6.56. The average molecular weight is 280 g/mol. The molecular weight excluding hydrogens is 265 g/mol. The molecule has 0 aliphatic carbocycles. The maximum atomic E-state index is 11.8. The smallest absolute Gasteiger partial charge is 0.0501 e. The molecule has 0 aliphatic rings. The van der Waals surface area contributed by atoms with Crippen LogP contribution < -0.4 is 5.73 Å². The van der Waals surface area contributed by atoms with Crippen LogP contribution >= 0.6 is 23.2 Å². The Hall–Kier alpha value is -0.0900. The summed E-state index contributed by atoms with van der Waals surface area (Å²) in [6, 6.07) is 5.17. The second-order valence-electron chi connectivity index (χ2n) is 3.65. The number of hydrogen-bond acceptors (Lipinski definition) is 2. The van der Waals surface area contributed by atoms with E-state index in [0.29, 0.717) is 21.6 Å². The van der Waals surface area contributed by atoms with Crippen LogP contribution in [0.1, 0.15) is 18.9 Å². The number of nitrogens with two attached hydrogens (primary N) is 1. The molecule has 90 valence electrons. The van der Waals surface area contributed by atoms with Gasteiger partial charge in [-0.2, -0.15) is 0 Å². The van der Waals surface area contributed by atoms with Gasteiger partial charge in [0.05, 0.1) is 5.75 Å². The third kappa shape index (κ3) is 4.42. The Morgan fingerprint density at radius 2 is 2.12 bits per heavy atom. The van der Waals surface area contributed by atoms with Crippen LogP contribution in [-0.2, 0) is 16.6 Å². The first-order valence-electron chi connectivity index (χ1n) is 5.07. The lowest BCUT2D eigenvalue weighted by Crippen LogP contribution is -2.26. The van der Waals surface area contributed by atoms with Gasteiger partial charge in [0.25, 0.3) is 0 Å². The van der Waals surface area contributed by atoms with E-state index in [1.165, 1.54) is 0 Å². The van der Waals surface area contributed by atoms with Crippen LogP contribution in [0.3, 0.4) is 0 Å². The summed E-state index contributed by atoms with van der Waals surface area (Å²) in [6.07, 6.45) is 0.828. The quantitative estimate of drug-likeness (QED) is 0.901. The van der Waals surface area contributed by atoms with Gasteiger partial charge in [0.2, 0.25) is 0 Å². The van der Waals surface area contributed by atoms with Crippen LogP contribution in [0.2, 0.25) is 10.0 Å². The molecular formula is C11H15Cl2NOS. The zero-order valence-corrected chi connectivity index (χ0v) is 11.4. The van der Waals surface area contributed by atoms with E-state index in [1.54, 1.807) is 18.2 Å². The minimum atomic E-state index is -0.988. The lowest BCUT2D eigenvalue weighted by Gasteiger charge is -2.09. The summed E-state index contributed by atoms with van der Waals surface area (Å²) in [4.78, 5) is 0. The predicted molar refractivity (Wildman–Crippen MR) is 71.4 cm³/mol. The molecule has 1 rings (SSSR count). The highest BCUT2D eigenvalue weighted by atomic mass is 35.5. The molecule has 5 heteroatoms. The molecule has 0 aromatic heterocycles. The summed E-state index contributed by atoms with van der Waals surface area (Å²) in [6.45, 7) is 1.98. The van der Waals surface area contributed by atoms with Gasteiger partial charge in [0, 0.05) is 32.6 Å². The number of rotatable bonds is 5. The van der Waals surface area contributed by atoms with E-state index in [0.717, 1.165) is 12.0 Å². The van der Waals surface area contributed by atoms with Gasteiger partial charge in [-0.05, 0) is 30.2 Å². The van der Waals surface area contributed by atoms with Crippen molar-refractivity contribution in [1.82, 2.24) is 0 Å². The van der Waals surface area contributed by atoms with Crippen LogP contribution in [0, 0.1) is 0 Å². The second-order valence-corrected chi connectivity index (χ2v) is 6.00. The van der Waals surface area contributed by atoms with Crippen LogP contribution in [0.25, 0.3) is 0 Å². The second kappa shape index (κ2) is 6.60. The van der Waals surface area contributed by atoms with Crippen LogP contribution in [0.4, 0.5) is 0 Å². The Balaban J connectivity index is 2.65. The third-order valence-electron chi connectivity index (χ3n) is 2.25. The van der Waals surface area contributed by atoms with Crippen molar-refractivity contribution in [3.8, 4) is 0 Å². The Bertz CT molecular complexity index is 384. The van der Waals surface area contributed by atoms with E-state index < -0.39 is 10.8 Å². The average Bonchev–Trinajstić information content (AvgIpc) is 2.23. The van der Waals surface area contributed by atoms with Crippen molar-refractivity contribution in [2.24, 2.45) is 5.73 Å². The Morgan fingerprint density at radius 1 is 1.44 bits per heavy atom. The van der Waals surface area contributed by atoms with Crippen molar-refractivity contribution in [2.75, 3.05) is 5.75 Å². The van der Waals surface area contributed by atoms with Crippen LogP contribution in [0.15, 0.2) is 18.2 Å². The fraction of sp³-hybridized carbons (Fsp3) is 0.455. The molecule has 1 aromatic carbocycles. The molecule has 2 atom stereocenters. The fourth-order valence-electron chi connectivity index (χ4n) is 1.24. The molecule has 0 amide bonds. The van der Waals surface area contributed by atoms with Gasteiger partial charge >= 0.3 is 0 Å². The monoisotopic (exact) mass is 279 g/mol. The lowest BCUT2D eigenvalue weighted by atomic mass is 10.2. The van der Waals surface area contributed by atoms with Crippen LogP contribution in [0.5, 0.6) is 0 Å². The number of halogens is 2. The molecule has 2 nitrogen and oxygen atoms in total. The van der Waals surface area contributed by atoms with E-state index in [9.17, 15) is 4.21 Å². The summed E-state index contributed by atoms with van der Waals surface area (Å²) < 4.78 is 11.8. The Kier molecular flexibility index (Phi) is 5.76. The predicted octanol–water partition coefficient (Wildman–Crippen LogP) is 2.98. The first kappa shape index (κ1) is 14.0. The molecule has 0 bridgehead atoms. The maximum Gasteiger partial charge on any atom is 0.0501 e. The topological polar surface area (TPSA) is 43.1 Å². The van der Waals surface area contributed by atoms with Gasteiger partial charge in [-0.15, -0.1) is 0 Å². The van der Waals surface area contributed by atoms with Gasteiger partial charge in [-0.25, -0.2) is 0 Å². The fourth-order valence-corrected chi connectivity index (χ4v) is 3.12. The van der Waals surface area contributed by atoms with E-state index in [4.69, 9.17) is 28.9 Å². The van der Waals surface area contributed by atoms with Crippen molar-refractivity contribution in [2.45, 2.75) is 25.1 Å². The maximum absolute atomic E-state index is 11.8. The molecule has 0 spiro atoms. The van der Waals surface area contributed by atoms with Crippen molar-refractivity contribution in [3.63, 3.8) is 0 Å². The zero-order chi connectivity index (χ0) is 12.1. The minimum absolute atomic E-state index is 0.0150. The first-order chi connectivity index (χ1) is 7.52. The Labute approximate surface area is 109 Å². The largest absolute Gasteiger partial charge is 0.327 e. The summed E-state index contributed by atoms with van der Waals surface area (Å²) in [5.74, 6) is 0.909. The highest BCUT2D eigenvalue weighted by Gasteiger charge is 2.09. The molecule has 0 aliphatic heterocycles. The third-order valence-corrected chi connectivity index (χ3v) is 4.29. The summed E-state index contributed by atoms with van der Waals surface area (Å²) in [5, 5.41) is 1.21. The SMILES string of the molecule is CCC(N)CS(=O)Cc1cc(Cl)ccc1Cl. The lowest BCUT2D eigenvalue weighted by molar-refractivity contribution is 0.663. The van der Waals surface area contributed by atoms with E-state index in [2.05, 4.69) is 0 Å². The highest BCUT2D eigenvalue weighted by Crippen LogP contribution is 2.22. The summed E-state index contributed by atoms with van der Waals surface area (Å²) >= 11 is 11.8. The number of hydrogen-bond donors (Lipinski definition) is 1. The molecule has 0 saturated heterocycles. The van der Waals surface area contributed by atoms with Crippen molar-refractivity contribution in [1.29, 1.82) is 0 Å². The molecule has 0 saturated carbocycles. The van der Waals surface area contributed by atoms with E-state index >= 15 is 0 Å².